The van der Waals surface area contributed by atoms with E-state index in [1.165, 1.54) is 0 Å². The lowest BCUT2D eigenvalue weighted by molar-refractivity contribution is -0.187. The first-order valence-corrected chi connectivity index (χ1v) is 15.4. The van der Waals surface area contributed by atoms with Crippen molar-refractivity contribution in [2.75, 3.05) is 58.3 Å². The highest BCUT2D eigenvalue weighted by Crippen LogP contribution is 2.30. The maximum absolute atomic E-state index is 14.3. The molecule has 0 radical (unpaired) electrons. The maximum Gasteiger partial charge on any atom is 0.334 e. The van der Waals surface area contributed by atoms with Gasteiger partial charge in [-0.3, -0.25) is 9.59 Å². The number of benzene rings is 2. The number of nitrogens with one attached hydrogen (secondary N) is 1. The molecule has 0 saturated carbocycles. The van der Waals surface area contributed by atoms with E-state index in [0.717, 1.165) is 48.7 Å². The maximum atomic E-state index is 14.3. The molecule has 0 aliphatic carbocycles. The third-order valence-electron chi connectivity index (χ3n) is 8.83. The van der Waals surface area contributed by atoms with Crippen molar-refractivity contribution in [3.8, 4) is 5.75 Å². The molecule has 12 heteroatoms. The van der Waals surface area contributed by atoms with Crippen molar-refractivity contribution in [3.63, 3.8) is 0 Å². The molecule has 3 fully saturated rings. The molecular formula is C33H40N8O4. The Morgan fingerprint density at radius 3 is 2.40 bits per heavy atom. The molecule has 45 heavy (non-hydrogen) atoms. The molecule has 236 valence electrons. The average molecular weight is 613 g/mol. The number of carbonyl (C=O) groups is 3. The molecule has 3 aromatic rings. The van der Waals surface area contributed by atoms with Crippen LogP contribution in [0, 0.1) is 0 Å². The number of nitrogens with zero attached hydrogens (tertiary/aromatic N) is 7. The molecule has 0 spiro atoms. The highest BCUT2D eigenvalue weighted by molar-refractivity contribution is 5.91. The van der Waals surface area contributed by atoms with Crippen molar-refractivity contribution in [2.45, 2.75) is 31.7 Å². The van der Waals surface area contributed by atoms with Gasteiger partial charge in [0, 0.05) is 64.5 Å². The lowest BCUT2D eigenvalue weighted by atomic mass is 9.98. The molecule has 1 unspecified atom stereocenters. The lowest BCUT2D eigenvalue weighted by Crippen LogP contribution is -2.76. The molecule has 12 nitrogen and oxygen atoms in total. The number of phenolic OH excluding ortho intramolecular Hbond substituents is 1. The minimum absolute atomic E-state index is 0.0369. The van der Waals surface area contributed by atoms with E-state index in [-0.39, 0.29) is 43.1 Å². The second-order valence-electron chi connectivity index (χ2n) is 12.0. The molecule has 0 bridgehead atoms. The molecule has 3 aliphatic heterocycles. The van der Waals surface area contributed by atoms with Gasteiger partial charge in [0.05, 0.1) is 13.1 Å². The van der Waals surface area contributed by atoms with Gasteiger partial charge in [-0.25, -0.2) is 19.8 Å². The number of hydrogen-bond acceptors (Lipinski definition) is 8. The molecule has 3 saturated heterocycles. The zero-order valence-electron chi connectivity index (χ0n) is 25.7. The number of urea groups is 1. The topological polar surface area (TPSA) is 116 Å². The standard InChI is InChI=1S/C33H40N8O4/c1-36-15-17-38(18-16-36)31-26(9-6-14-34-31)21-39-22-29-40(28(32(39)44)19-24-10-12-27(42)13-11-24)30(43)23-37(2)41(29)33(45)35-20-25-7-4-3-5-8-25/h3-14,28-29,42H,15-23H2,1-2H3,(H,35,45)/t28-,29?/m0/s1. The second kappa shape index (κ2) is 13.1. The summed E-state index contributed by atoms with van der Waals surface area (Å²) in [6.45, 7) is 4.25. The molecule has 2 aromatic carbocycles. The van der Waals surface area contributed by atoms with Gasteiger partial charge in [0.25, 0.3) is 0 Å². The van der Waals surface area contributed by atoms with E-state index in [1.807, 2.05) is 42.5 Å². The van der Waals surface area contributed by atoms with Crippen molar-refractivity contribution in [3.05, 3.63) is 89.6 Å². The zero-order chi connectivity index (χ0) is 31.5. The summed E-state index contributed by atoms with van der Waals surface area (Å²) in [5, 5.41) is 16.1. The van der Waals surface area contributed by atoms with Crippen LogP contribution < -0.4 is 10.2 Å². The summed E-state index contributed by atoms with van der Waals surface area (Å²) in [5.74, 6) is 0.573. The van der Waals surface area contributed by atoms with Crippen LogP contribution in [0.3, 0.4) is 0 Å². The van der Waals surface area contributed by atoms with Crippen LogP contribution in [0.4, 0.5) is 10.6 Å². The zero-order valence-corrected chi connectivity index (χ0v) is 25.7. The molecule has 2 N–H and O–H groups in total. The second-order valence-corrected chi connectivity index (χ2v) is 12.0. The van der Waals surface area contributed by atoms with Crippen molar-refractivity contribution in [1.82, 2.24) is 35.0 Å². The number of carbonyl (C=O) groups excluding carboxylic acids is 3. The van der Waals surface area contributed by atoms with Gasteiger partial charge in [-0.1, -0.05) is 48.5 Å². The molecule has 4 heterocycles. The third kappa shape index (κ3) is 6.57. The van der Waals surface area contributed by atoms with E-state index < -0.39 is 12.2 Å². The van der Waals surface area contributed by atoms with Crippen LogP contribution in [-0.2, 0) is 29.1 Å². The van der Waals surface area contributed by atoms with Crippen molar-refractivity contribution < 1.29 is 19.5 Å². The first kappa shape index (κ1) is 30.4. The smallest absolute Gasteiger partial charge is 0.334 e. The highest BCUT2D eigenvalue weighted by atomic mass is 16.3. The number of piperazine rings is 2. The van der Waals surface area contributed by atoms with Crippen molar-refractivity contribution in [1.29, 1.82) is 0 Å². The van der Waals surface area contributed by atoms with Gasteiger partial charge in [0.15, 0.2) is 0 Å². The van der Waals surface area contributed by atoms with Crippen LogP contribution in [0.15, 0.2) is 72.9 Å². The van der Waals surface area contributed by atoms with Gasteiger partial charge in [-0.05, 0) is 36.4 Å². The van der Waals surface area contributed by atoms with E-state index in [9.17, 15) is 19.5 Å². The Labute approximate surface area is 263 Å². The number of hydrogen-bond donors (Lipinski definition) is 2. The average Bonchev–Trinajstić information content (AvgIpc) is 3.04. The SMILES string of the molecule is CN1CCN(c2ncccc2CN2CC3N(C(=O)CN(C)N3C(=O)NCc3ccccc3)[C@@H](Cc3ccc(O)cc3)C2=O)CC1. The fourth-order valence-electron chi connectivity index (χ4n) is 6.42. The number of amides is 4. The van der Waals surface area contributed by atoms with Crippen LogP contribution in [0.5, 0.6) is 5.75 Å². The minimum atomic E-state index is -0.831. The molecule has 4 amide bonds. The summed E-state index contributed by atoms with van der Waals surface area (Å²) in [5.41, 5.74) is 2.68. The molecular weight excluding hydrogens is 572 g/mol. The molecule has 3 aliphatic rings. The summed E-state index contributed by atoms with van der Waals surface area (Å²) in [6.07, 6.45) is 1.31. The summed E-state index contributed by atoms with van der Waals surface area (Å²) in [6, 6.07) is 19.0. The number of anilines is 1. The number of aromatic hydroxyl groups is 1. The predicted molar refractivity (Wildman–Crippen MR) is 169 cm³/mol. The Hall–Kier alpha value is -4.68. The first-order valence-electron chi connectivity index (χ1n) is 15.4. The predicted octanol–water partition coefficient (Wildman–Crippen LogP) is 1.72. The highest BCUT2D eigenvalue weighted by Gasteiger charge is 2.50. The van der Waals surface area contributed by atoms with Crippen LogP contribution >= 0.6 is 0 Å². The number of fused-ring (bicyclic) bond motifs is 1. The molecule has 1 aromatic heterocycles. The number of likely N-dealkylation sites (N-methyl/N-ethyl adjacent to an activating group) is 2. The first-order chi connectivity index (χ1) is 21.8. The van der Waals surface area contributed by atoms with Gasteiger partial charge in [-0.2, -0.15) is 0 Å². The van der Waals surface area contributed by atoms with E-state index in [2.05, 4.69) is 22.2 Å². The number of pyridine rings is 1. The van der Waals surface area contributed by atoms with Gasteiger partial charge >= 0.3 is 6.03 Å². The number of phenols is 1. The van der Waals surface area contributed by atoms with E-state index in [1.54, 1.807) is 57.3 Å². The largest absolute Gasteiger partial charge is 0.508 e. The summed E-state index contributed by atoms with van der Waals surface area (Å²) in [7, 11) is 3.83. The van der Waals surface area contributed by atoms with Crippen LogP contribution in [0.2, 0.25) is 0 Å². The molecule has 6 rings (SSSR count). The fraction of sp³-hybridized carbons (Fsp3) is 0.394. The Morgan fingerprint density at radius 1 is 0.933 bits per heavy atom. The summed E-state index contributed by atoms with van der Waals surface area (Å²) < 4.78 is 0. The Kier molecular flexibility index (Phi) is 8.85. The van der Waals surface area contributed by atoms with Gasteiger partial charge in [0.1, 0.15) is 23.8 Å². The number of rotatable bonds is 7. The van der Waals surface area contributed by atoms with E-state index in [4.69, 9.17) is 4.98 Å². The Bertz CT molecular complexity index is 1510. The number of aromatic nitrogens is 1. The van der Waals surface area contributed by atoms with Gasteiger partial charge in [-0.15, -0.1) is 0 Å². The van der Waals surface area contributed by atoms with Crippen LogP contribution in [-0.4, -0.2) is 118 Å². The number of hydrazine groups is 1. The molecule has 2 atom stereocenters. The monoisotopic (exact) mass is 612 g/mol. The summed E-state index contributed by atoms with van der Waals surface area (Å²) >= 11 is 0. The lowest BCUT2D eigenvalue weighted by Gasteiger charge is -2.54. The van der Waals surface area contributed by atoms with Crippen molar-refractivity contribution in [2.24, 2.45) is 0 Å². The van der Waals surface area contributed by atoms with Gasteiger partial charge in [0.2, 0.25) is 11.8 Å². The normalized spacial score (nSPS) is 21.2. The quantitative estimate of drug-likeness (QED) is 0.415. The Balaban J connectivity index is 1.31. The summed E-state index contributed by atoms with van der Waals surface area (Å²) in [4.78, 5) is 54.3. The minimum Gasteiger partial charge on any atom is -0.508 e. The Morgan fingerprint density at radius 2 is 1.67 bits per heavy atom. The fourth-order valence-corrected chi connectivity index (χ4v) is 6.42. The van der Waals surface area contributed by atoms with Crippen LogP contribution in [0.25, 0.3) is 0 Å². The van der Waals surface area contributed by atoms with E-state index in [0.29, 0.717) is 13.1 Å². The van der Waals surface area contributed by atoms with Gasteiger partial charge < -0.3 is 30.0 Å². The van der Waals surface area contributed by atoms with E-state index >= 15 is 0 Å². The van der Waals surface area contributed by atoms with Crippen molar-refractivity contribution >= 4 is 23.7 Å². The van der Waals surface area contributed by atoms with Crippen LogP contribution in [0.1, 0.15) is 16.7 Å². The third-order valence-corrected chi connectivity index (χ3v) is 8.83.